The van der Waals surface area contributed by atoms with Gasteiger partial charge in [0.25, 0.3) is 5.91 Å². The van der Waals surface area contributed by atoms with Crippen molar-refractivity contribution in [3.8, 4) is 5.75 Å². The zero-order valence-electron chi connectivity index (χ0n) is 21.5. The standard InChI is InChI=1S/C27H38N4O6/c1-35-17-25(32)29-21-9-8-19-10-13-36-23-5-3-2-4-20(23)27(34)31-12-11-30(15-18-6-7-18)16-22(31)26(33)28-14-24(21)37-19/h2-5,18-19,21-22,24H,6-17H2,1H3,(H,28,33)(H,29,32)/t19-,21+,22-,24+/m0/s1. The van der Waals surface area contributed by atoms with Crippen LogP contribution in [-0.2, 0) is 19.1 Å². The maximum Gasteiger partial charge on any atom is 0.258 e. The van der Waals surface area contributed by atoms with Crippen LogP contribution in [-0.4, -0.2) is 105 Å². The zero-order chi connectivity index (χ0) is 25.8. The van der Waals surface area contributed by atoms with Gasteiger partial charge in [-0.1, -0.05) is 12.1 Å². The summed E-state index contributed by atoms with van der Waals surface area (Å²) in [6.45, 7) is 3.33. The number of methoxy groups -OCH3 is 1. The second-order valence-electron chi connectivity index (χ2n) is 10.6. The first-order valence-electron chi connectivity index (χ1n) is 13.5. The Morgan fingerprint density at radius 3 is 2.78 bits per heavy atom. The van der Waals surface area contributed by atoms with Crippen molar-refractivity contribution < 1.29 is 28.6 Å². The van der Waals surface area contributed by atoms with Crippen LogP contribution < -0.4 is 15.4 Å². The molecule has 1 saturated carbocycles. The molecule has 5 rings (SSSR count). The van der Waals surface area contributed by atoms with Crippen LogP contribution in [0.5, 0.6) is 5.75 Å². The summed E-state index contributed by atoms with van der Waals surface area (Å²) in [5.74, 6) is 0.639. The van der Waals surface area contributed by atoms with E-state index in [9.17, 15) is 14.4 Å². The molecule has 2 bridgehead atoms. The van der Waals surface area contributed by atoms with Gasteiger partial charge in [0, 0.05) is 46.3 Å². The monoisotopic (exact) mass is 514 g/mol. The van der Waals surface area contributed by atoms with Gasteiger partial charge in [-0.05, 0) is 43.7 Å². The lowest BCUT2D eigenvalue weighted by molar-refractivity contribution is -0.132. The van der Waals surface area contributed by atoms with Crippen molar-refractivity contribution in [3.63, 3.8) is 0 Å². The summed E-state index contributed by atoms with van der Waals surface area (Å²) >= 11 is 0. The lowest BCUT2D eigenvalue weighted by Crippen LogP contribution is -2.62. The van der Waals surface area contributed by atoms with E-state index in [0.717, 1.165) is 25.9 Å². The molecule has 1 aromatic carbocycles. The van der Waals surface area contributed by atoms with Gasteiger partial charge in [0.1, 0.15) is 18.4 Å². The first kappa shape index (κ1) is 25.9. The molecule has 0 spiro atoms. The third kappa shape index (κ3) is 6.42. The highest BCUT2D eigenvalue weighted by Crippen LogP contribution is 2.31. The Labute approximate surface area is 218 Å². The van der Waals surface area contributed by atoms with Crippen LogP contribution in [0.2, 0.25) is 0 Å². The largest absolute Gasteiger partial charge is 0.493 e. The van der Waals surface area contributed by atoms with E-state index >= 15 is 0 Å². The summed E-state index contributed by atoms with van der Waals surface area (Å²) in [5, 5.41) is 6.05. The number of hydrogen-bond donors (Lipinski definition) is 2. The summed E-state index contributed by atoms with van der Waals surface area (Å²) in [6.07, 6.45) is 4.17. The Balaban J connectivity index is 1.38. The third-order valence-corrected chi connectivity index (χ3v) is 7.77. The lowest BCUT2D eigenvalue weighted by atomic mass is 9.96. The molecule has 4 aliphatic rings. The van der Waals surface area contributed by atoms with E-state index in [-0.39, 0.29) is 49.1 Å². The summed E-state index contributed by atoms with van der Waals surface area (Å²) in [5.41, 5.74) is 0.483. The number of carbonyl (C=O) groups is 3. The van der Waals surface area contributed by atoms with Crippen LogP contribution >= 0.6 is 0 Å². The Kier molecular flexibility index (Phi) is 8.26. The highest BCUT2D eigenvalue weighted by atomic mass is 16.5. The van der Waals surface area contributed by atoms with Crippen molar-refractivity contribution in [2.45, 2.75) is 56.4 Å². The van der Waals surface area contributed by atoms with Crippen molar-refractivity contribution in [1.29, 1.82) is 0 Å². The minimum atomic E-state index is -0.614. The number of piperazine rings is 1. The van der Waals surface area contributed by atoms with E-state index in [4.69, 9.17) is 14.2 Å². The molecule has 1 aliphatic carbocycles. The van der Waals surface area contributed by atoms with Crippen molar-refractivity contribution in [2.75, 3.05) is 53.0 Å². The Hall–Kier alpha value is -2.69. The number of amides is 3. The molecule has 3 heterocycles. The lowest BCUT2D eigenvalue weighted by Gasteiger charge is -2.42. The number of ether oxygens (including phenoxy) is 3. The predicted molar refractivity (Wildman–Crippen MR) is 135 cm³/mol. The van der Waals surface area contributed by atoms with E-state index in [1.54, 1.807) is 11.0 Å². The number of benzene rings is 1. The highest BCUT2D eigenvalue weighted by molar-refractivity contribution is 6.00. The average molecular weight is 515 g/mol. The average Bonchev–Trinajstić information content (AvgIpc) is 3.72. The second-order valence-corrected chi connectivity index (χ2v) is 10.6. The first-order chi connectivity index (χ1) is 18.0. The summed E-state index contributed by atoms with van der Waals surface area (Å²) < 4.78 is 17.4. The predicted octanol–water partition coefficient (Wildman–Crippen LogP) is 0.801. The molecule has 3 aliphatic heterocycles. The number of para-hydroxylation sites is 1. The fourth-order valence-corrected chi connectivity index (χ4v) is 5.59. The molecule has 4 atom stereocenters. The number of carbonyl (C=O) groups excluding carboxylic acids is 3. The van der Waals surface area contributed by atoms with Crippen LogP contribution in [0.1, 0.15) is 42.5 Å². The van der Waals surface area contributed by atoms with Gasteiger partial charge < -0.3 is 29.7 Å². The SMILES string of the molecule is COCC(=O)N[C@@H]1CC[C@H]2CCOc3ccccc3C(=O)N3CCN(CC4CC4)C[C@H]3C(=O)NC[C@H]1O2. The molecule has 0 radical (unpaired) electrons. The smallest absolute Gasteiger partial charge is 0.258 e. The van der Waals surface area contributed by atoms with Crippen LogP contribution in [0.4, 0.5) is 0 Å². The maximum atomic E-state index is 13.7. The Bertz CT molecular complexity index is 985. The van der Waals surface area contributed by atoms with Crippen LogP contribution in [0.25, 0.3) is 0 Å². The van der Waals surface area contributed by atoms with E-state index in [1.807, 2.05) is 18.2 Å². The van der Waals surface area contributed by atoms with Crippen LogP contribution in [0.3, 0.4) is 0 Å². The maximum absolute atomic E-state index is 13.7. The molecule has 2 N–H and O–H groups in total. The van der Waals surface area contributed by atoms with Gasteiger partial charge in [-0.25, -0.2) is 0 Å². The molecule has 10 nitrogen and oxygen atoms in total. The molecule has 202 valence electrons. The normalized spacial score (nSPS) is 29.3. The van der Waals surface area contributed by atoms with Gasteiger partial charge in [-0.15, -0.1) is 0 Å². The Morgan fingerprint density at radius 2 is 1.97 bits per heavy atom. The van der Waals surface area contributed by atoms with Crippen molar-refractivity contribution in [3.05, 3.63) is 29.8 Å². The topological polar surface area (TPSA) is 109 Å². The summed E-state index contributed by atoms with van der Waals surface area (Å²) in [4.78, 5) is 43.5. The fourth-order valence-electron chi connectivity index (χ4n) is 5.59. The van der Waals surface area contributed by atoms with Crippen LogP contribution in [0.15, 0.2) is 24.3 Å². The van der Waals surface area contributed by atoms with Crippen molar-refractivity contribution in [1.82, 2.24) is 20.4 Å². The van der Waals surface area contributed by atoms with Crippen molar-refractivity contribution in [2.24, 2.45) is 5.92 Å². The molecule has 1 aromatic rings. The number of hydrogen-bond acceptors (Lipinski definition) is 7. The molecule has 10 heteroatoms. The highest BCUT2D eigenvalue weighted by Gasteiger charge is 2.39. The second kappa shape index (κ2) is 11.8. The number of rotatable bonds is 5. The van der Waals surface area contributed by atoms with E-state index in [1.165, 1.54) is 20.0 Å². The minimum absolute atomic E-state index is 0.0256. The minimum Gasteiger partial charge on any atom is -0.493 e. The summed E-state index contributed by atoms with van der Waals surface area (Å²) in [6, 6.07) is 6.42. The first-order valence-corrected chi connectivity index (χ1v) is 13.5. The number of fused-ring (bicyclic) bond motifs is 4. The molecular weight excluding hydrogens is 476 g/mol. The third-order valence-electron chi connectivity index (χ3n) is 7.77. The molecule has 3 amide bonds. The van der Waals surface area contributed by atoms with E-state index < -0.39 is 6.04 Å². The van der Waals surface area contributed by atoms with Gasteiger partial charge >= 0.3 is 0 Å². The molecule has 37 heavy (non-hydrogen) atoms. The fraction of sp³-hybridized carbons (Fsp3) is 0.667. The number of nitrogens with zero attached hydrogens (tertiary/aromatic N) is 2. The Morgan fingerprint density at radius 1 is 1.14 bits per heavy atom. The van der Waals surface area contributed by atoms with Gasteiger partial charge in [0.15, 0.2) is 0 Å². The molecule has 2 saturated heterocycles. The van der Waals surface area contributed by atoms with Gasteiger partial charge in [0.05, 0.1) is 30.4 Å². The number of nitrogens with one attached hydrogen (secondary N) is 2. The molecular formula is C27H38N4O6. The molecule has 3 fully saturated rings. The van der Waals surface area contributed by atoms with Gasteiger partial charge in [-0.2, -0.15) is 0 Å². The molecule has 0 aromatic heterocycles. The summed E-state index contributed by atoms with van der Waals surface area (Å²) in [7, 11) is 1.48. The quantitative estimate of drug-likeness (QED) is 0.598. The van der Waals surface area contributed by atoms with Crippen LogP contribution in [0, 0.1) is 5.92 Å². The van der Waals surface area contributed by atoms with E-state index in [0.29, 0.717) is 43.3 Å². The van der Waals surface area contributed by atoms with E-state index in [2.05, 4.69) is 15.5 Å². The van der Waals surface area contributed by atoms with Gasteiger partial charge in [-0.3, -0.25) is 19.3 Å². The zero-order valence-corrected chi connectivity index (χ0v) is 21.5. The van der Waals surface area contributed by atoms with Crippen molar-refractivity contribution >= 4 is 17.7 Å². The molecule has 0 unspecified atom stereocenters. The van der Waals surface area contributed by atoms with Gasteiger partial charge in [0.2, 0.25) is 11.8 Å².